The van der Waals surface area contributed by atoms with Gasteiger partial charge in [-0.1, -0.05) is 13.3 Å². The first-order valence-electron chi connectivity index (χ1n) is 9.04. The third-order valence-corrected chi connectivity index (χ3v) is 4.49. The van der Waals surface area contributed by atoms with Crippen molar-refractivity contribution < 1.29 is 0 Å². The molecule has 0 aromatic carbocycles. The molecule has 134 valence electrons. The van der Waals surface area contributed by atoms with Crippen LogP contribution < -0.4 is 16.1 Å². The van der Waals surface area contributed by atoms with Gasteiger partial charge in [-0.15, -0.1) is 0 Å². The standard InChI is InChI=1S/C17H29N5O2/c1-6-11-12-19(7-2)16-18-14-13(20(16)8-3)15(23)22(10-5)17(24)21(14)9-4/h6-12H2,1-5H3. The number of hydrogen-bond donors (Lipinski definition) is 0. The molecule has 0 atom stereocenters. The number of anilines is 1. The number of aryl methyl sites for hydroxylation is 2. The van der Waals surface area contributed by atoms with Crippen molar-refractivity contribution in [2.24, 2.45) is 0 Å². The maximum atomic E-state index is 12.8. The lowest BCUT2D eigenvalue weighted by Crippen LogP contribution is -2.40. The van der Waals surface area contributed by atoms with E-state index in [1.165, 1.54) is 4.57 Å². The van der Waals surface area contributed by atoms with E-state index in [4.69, 9.17) is 4.98 Å². The molecule has 2 heterocycles. The van der Waals surface area contributed by atoms with Crippen molar-refractivity contribution in [2.75, 3.05) is 18.0 Å². The second kappa shape index (κ2) is 7.68. The average Bonchev–Trinajstić information content (AvgIpc) is 2.96. The zero-order valence-electron chi connectivity index (χ0n) is 15.5. The highest BCUT2D eigenvalue weighted by Crippen LogP contribution is 2.20. The summed E-state index contributed by atoms with van der Waals surface area (Å²) >= 11 is 0. The van der Waals surface area contributed by atoms with E-state index in [1.54, 1.807) is 4.57 Å². The van der Waals surface area contributed by atoms with Gasteiger partial charge in [0.2, 0.25) is 5.95 Å². The highest BCUT2D eigenvalue weighted by Gasteiger charge is 2.22. The van der Waals surface area contributed by atoms with Gasteiger partial charge in [-0.3, -0.25) is 13.9 Å². The average molecular weight is 335 g/mol. The molecule has 0 N–H and O–H groups in total. The van der Waals surface area contributed by atoms with E-state index < -0.39 is 0 Å². The number of rotatable bonds is 8. The van der Waals surface area contributed by atoms with E-state index in [-0.39, 0.29) is 11.2 Å². The van der Waals surface area contributed by atoms with E-state index in [0.29, 0.717) is 30.8 Å². The van der Waals surface area contributed by atoms with Gasteiger partial charge in [-0.25, -0.2) is 4.79 Å². The molecule has 2 aromatic rings. The lowest BCUT2D eigenvalue weighted by Gasteiger charge is -2.22. The van der Waals surface area contributed by atoms with Crippen LogP contribution in [0.4, 0.5) is 5.95 Å². The highest BCUT2D eigenvalue weighted by molar-refractivity contribution is 5.74. The summed E-state index contributed by atoms with van der Waals surface area (Å²) in [6, 6.07) is 0. The fraction of sp³-hybridized carbons (Fsp3) is 0.706. The second-order valence-corrected chi connectivity index (χ2v) is 5.84. The first-order valence-corrected chi connectivity index (χ1v) is 9.04. The van der Waals surface area contributed by atoms with E-state index in [2.05, 4.69) is 18.7 Å². The van der Waals surface area contributed by atoms with Gasteiger partial charge >= 0.3 is 5.69 Å². The predicted molar refractivity (Wildman–Crippen MR) is 98.1 cm³/mol. The van der Waals surface area contributed by atoms with Crippen molar-refractivity contribution in [3.8, 4) is 0 Å². The van der Waals surface area contributed by atoms with Crippen molar-refractivity contribution in [3.63, 3.8) is 0 Å². The van der Waals surface area contributed by atoms with Gasteiger partial charge in [0.15, 0.2) is 11.2 Å². The zero-order valence-corrected chi connectivity index (χ0v) is 15.5. The first-order chi connectivity index (χ1) is 11.5. The van der Waals surface area contributed by atoms with Crippen LogP contribution in [0.5, 0.6) is 0 Å². The number of nitrogens with zero attached hydrogens (tertiary/aromatic N) is 5. The van der Waals surface area contributed by atoms with Crippen LogP contribution in [0.1, 0.15) is 47.5 Å². The van der Waals surface area contributed by atoms with Gasteiger partial charge in [0.1, 0.15) is 0 Å². The Labute approximate surface area is 142 Å². The fourth-order valence-corrected chi connectivity index (χ4v) is 3.13. The molecule has 7 nitrogen and oxygen atoms in total. The van der Waals surface area contributed by atoms with Gasteiger partial charge in [-0.05, 0) is 34.1 Å². The lowest BCUT2D eigenvalue weighted by molar-refractivity contribution is 0.602. The minimum Gasteiger partial charge on any atom is -0.342 e. The molecule has 0 spiro atoms. The second-order valence-electron chi connectivity index (χ2n) is 5.84. The van der Waals surface area contributed by atoms with Gasteiger partial charge in [0.25, 0.3) is 5.56 Å². The summed E-state index contributed by atoms with van der Waals surface area (Å²) in [5.41, 5.74) is 0.519. The summed E-state index contributed by atoms with van der Waals surface area (Å²) in [4.78, 5) is 32.3. The Balaban J connectivity index is 2.83. The molecule has 0 aliphatic carbocycles. The molecular weight excluding hydrogens is 306 g/mol. The molecule has 2 aromatic heterocycles. The van der Waals surface area contributed by atoms with Crippen LogP contribution in [0.25, 0.3) is 11.2 Å². The SMILES string of the molecule is CCCCN(CC)c1nc2c(c(=O)n(CC)c(=O)n2CC)n1CC. The Morgan fingerprint density at radius 2 is 1.54 bits per heavy atom. The van der Waals surface area contributed by atoms with Crippen molar-refractivity contribution >= 4 is 17.1 Å². The third-order valence-electron chi connectivity index (χ3n) is 4.49. The maximum absolute atomic E-state index is 12.8. The smallest absolute Gasteiger partial charge is 0.332 e. The van der Waals surface area contributed by atoms with Crippen molar-refractivity contribution in [2.45, 2.75) is 67.1 Å². The van der Waals surface area contributed by atoms with Crippen LogP contribution in [0.15, 0.2) is 9.59 Å². The van der Waals surface area contributed by atoms with E-state index in [9.17, 15) is 9.59 Å². The van der Waals surface area contributed by atoms with Gasteiger partial charge in [0.05, 0.1) is 0 Å². The summed E-state index contributed by atoms with van der Waals surface area (Å²) in [5, 5.41) is 0. The first kappa shape index (κ1) is 18.3. The topological polar surface area (TPSA) is 65.1 Å². The molecule has 2 rings (SSSR count). The summed E-state index contributed by atoms with van der Waals surface area (Å²) < 4.78 is 4.85. The van der Waals surface area contributed by atoms with Gasteiger partial charge in [0, 0.05) is 32.7 Å². The largest absolute Gasteiger partial charge is 0.342 e. The predicted octanol–water partition coefficient (Wildman–Crippen LogP) is 2.05. The lowest BCUT2D eigenvalue weighted by atomic mass is 10.3. The summed E-state index contributed by atoms with van der Waals surface area (Å²) in [6.45, 7) is 13.2. The summed E-state index contributed by atoms with van der Waals surface area (Å²) in [5.74, 6) is 0.788. The number of fused-ring (bicyclic) bond motifs is 1. The Bertz CT molecular complexity index is 815. The molecule has 0 radical (unpaired) electrons. The van der Waals surface area contributed by atoms with Crippen LogP contribution in [0, 0.1) is 0 Å². The van der Waals surface area contributed by atoms with Crippen molar-refractivity contribution in [3.05, 3.63) is 20.8 Å². The number of unbranched alkanes of at least 4 members (excludes halogenated alkanes) is 1. The minimum absolute atomic E-state index is 0.241. The molecular formula is C17H29N5O2. The molecule has 0 aliphatic heterocycles. The number of imidazole rings is 1. The Kier molecular flexibility index (Phi) is 5.85. The summed E-state index contributed by atoms with van der Waals surface area (Å²) in [6.07, 6.45) is 2.17. The van der Waals surface area contributed by atoms with Crippen molar-refractivity contribution in [1.82, 2.24) is 18.7 Å². The number of aromatic nitrogens is 4. The molecule has 0 amide bonds. The van der Waals surface area contributed by atoms with Crippen LogP contribution in [-0.2, 0) is 19.6 Å². The van der Waals surface area contributed by atoms with Crippen LogP contribution >= 0.6 is 0 Å². The van der Waals surface area contributed by atoms with Crippen LogP contribution in [-0.4, -0.2) is 31.8 Å². The van der Waals surface area contributed by atoms with Crippen molar-refractivity contribution in [1.29, 1.82) is 0 Å². The van der Waals surface area contributed by atoms with Crippen LogP contribution in [0.2, 0.25) is 0 Å². The molecule has 0 unspecified atom stereocenters. The molecule has 0 aliphatic rings. The number of hydrogen-bond acceptors (Lipinski definition) is 4. The summed E-state index contributed by atoms with van der Waals surface area (Å²) in [7, 11) is 0. The molecule has 0 saturated heterocycles. The highest BCUT2D eigenvalue weighted by atomic mass is 16.2. The quantitative estimate of drug-likeness (QED) is 0.740. The molecule has 24 heavy (non-hydrogen) atoms. The fourth-order valence-electron chi connectivity index (χ4n) is 3.13. The van der Waals surface area contributed by atoms with E-state index >= 15 is 0 Å². The van der Waals surface area contributed by atoms with E-state index in [1.807, 2.05) is 25.3 Å². The molecule has 0 bridgehead atoms. The van der Waals surface area contributed by atoms with Gasteiger partial charge in [-0.2, -0.15) is 4.98 Å². The Morgan fingerprint density at radius 3 is 2.04 bits per heavy atom. The Hall–Kier alpha value is -2.05. The van der Waals surface area contributed by atoms with E-state index in [0.717, 1.165) is 31.9 Å². The molecule has 0 saturated carbocycles. The maximum Gasteiger partial charge on any atom is 0.332 e. The van der Waals surface area contributed by atoms with Crippen LogP contribution in [0.3, 0.4) is 0 Å². The van der Waals surface area contributed by atoms with Gasteiger partial charge < -0.3 is 9.47 Å². The normalized spacial score (nSPS) is 11.4. The molecule has 0 fully saturated rings. The zero-order chi connectivity index (χ0) is 17.9. The Morgan fingerprint density at radius 1 is 0.917 bits per heavy atom. The monoisotopic (exact) mass is 335 g/mol. The molecule has 7 heteroatoms. The third kappa shape index (κ3) is 2.87. The minimum atomic E-state index is -0.276.